The van der Waals surface area contributed by atoms with Crippen LogP contribution < -0.4 is 0 Å². The first kappa shape index (κ1) is 14.3. The van der Waals surface area contributed by atoms with Gasteiger partial charge in [0.05, 0.1) is 10.5 Å². The van der Waals surface area contributed by atoms with Crippen LogP contribution in [0.2, 0.25) is 0 Å². The maximum atomic E-state index is 11.8. The van der Waals surface area contributed by atoms with Gasteiger partial charge >= 0.3 is 6.09 Å². The third-order valence-electron chi connectivity index (χ3n) is 2.70. The molecule has 1 aliphatic heterocycles. The largest absolute Gasteiger partial charge is 0.444 e. The molecule has 0 atom stereocenters. The van der Waals surface area contributed by atoms with Crippen molar-refractivity contribution in [1.29, 1.82) is 0 Å². The zero-order valence-electron chi connectivity index (χ0n) is 11.1. The molecule has 0 bridgehead atoms. The van der Waals surface area contributed by atoms with Gasteiger partial charge in [-0.25, -0.2) is 13.2 Å². The van der Waals surface area contributed by atoms with E-state index in [1.807, 2.05) is 0 Å². The summed E-state index contributed by atoms with van der Waals surface area (Å²) >= 11 is 0. The van der Waals surface area contributed by atoms with E-state index in [1.54, 1.807) is 34.6 Å². The van der Waals surface area contributed by atoms with E-state index in [9.17, 15) is 13.2 Å². The van der Waals surface area contributed by atoms with Crippen molar-refractivity contribution < 1.29 is 17.9 Å². The molecular formula is C11H21NO4S. The number of carbonyl (C=O) groups excluding carboxylic acids is 1. The van der Waals surface area contributed by atoms with E-state index in [0.29, 0.717) is 0 Å². The molecule has 1 heterocycles. The standard InChI is InChI=1S/C11H21NO4S/c1-10(2,3)16-9(13)12-6-7-17(14,15)11(4,5)8-12/h6-8H2,1-5H3. The minimum Gasteiger partial charge on any atom is -0.444 e. The average Bonchev–Trinajstić information content (AvgIpc) is 2.06. The SMILES string of the molecule is CC(C)(C)OC(=O)N1CCS(=O)(=O)C(C)(C)C1. The maximum absolute atomic E-state index is 11.8. The van der Waals surface area contributed by atoms with Gasteiger partial charge in [0.25, 0.3) is 0 Å². The van der Waals surface area contributed by atoms with Crippen LogP contribution in [0.4, 0.5) is 4.79 Å². The topological polar surface area (TPSA) is 63.7 Å². The first-order chi connectivity index (χ1) is 7.45. The molecule has 0 spiro atoms. The molecule has 0 aromatic rings. The molecule has 0 aliphatic carbocycles. The molecule has 0 aromatic heterocycles. The number of hydrogen-bond acceptors (Lipinski definition) is 4. The minimum atomic E-state index is -3.12. The number of ether oxygens (including phenoxy) is 1. The van der Waals surface area contributed by atoms with Crippen LogP contribution in [0.25, 0.3) is 0 Å². The summed E-state index contributed by atoms with van der Waals surface area (Å²) in [5.41, 5.74) is -0.558. The first-order valence-electron chi connectivity index (χ1n) is 5.65. The second-order valence-electron chi connectivity index (χ2n) is 5.98. The zero-order valence-corrected chi connectivity index (χ0v) is 11.9. The van der Waals surface area contributed by atoms with Gasteiger partial charge in [0.2, 0.25) is 0 Å². The second-order valence-corrected chi connectivity index (χ2v) is 8.72. The van der Waals surface area contributed by atoms with Gasteiger partial charge < -0.3 is 9.64 Å². The van der Waals surface area contributed by atoms with Crippen molar-refractivity contribution in [1.82, 2.24) is 4.90 Å². The lowest BCUT2D eigenvalue weighted by molar-refractivity contribution is 0.0237. The molecule has 0 saturated carbocycles. The van der Waals surface area contributed by atoms with E-state index in [4.69, 9.17) is 4.74 Å². The molecule has 0 unspecified atom stereocenters. The van der Waals surface area contributed by atoms with Gasteiger partial charge in [-0.1, -0.05) is 0 Å². The van der Waals surface area contributed by atoms with Gasteiger partial charge in [-0.15, -0.1) is 0 Å². The molecule has 0 aromatic carbocycles. The fourth-order valence-electron chi connectivity index (χ4n) is 1.63. The van der Waals surface area contributed by atoms with Crippen LogP contribution in [0.1, 0.15) is 34.6 Å². The van der Waals surface area contributed by atoms with E-state index >= 15 is 0 Å². The highest BCUT2D eigenvalue weighted by molar-refractivity contribution is 7.92. The number of sulfone groups is 1. The van der Waals surface area contributed by atoms with Crippen LogP contribution >= 0.6 is 0 Å². The molecule has 1 saturated heterocycles. The summed E-state index contributed by atoms with van der Waals surface area (Å²) in [6.45, 7) is 9.03. The fourth-order valence-corrected chi connectivity index (χ4v) is 2.99. The smallest absolute Gasteiger partial charge is 0.410 e. The Hall–Kier alpha value is -0.780. The summed E-state index contributed by atoms with van der Waals surface area (Å²) in [5.74, 6) is -0.000751. The van der Waals surface area contributed by atoms with Crippen LogP contribution in [0, 0.1) is 0 Å². The lowest BCUT2D eigenvalue weighted by atomic mass is 10.2. The molecular weight excluding hydrogens is 242 g/mol. The van der Waals surface area contributed by atoms with E-state index < -0.39 is 26.3 Å². The number of hydrogen-bond donors (Lipinski definition) is 0. The van der Waals surface area contributed by atoms with Gasteiger partial charge in [-0.2, -0.15) is 0 Å². The lowest BCUT2D eigenvalue weighted by Gasteiger charge is -2.38. The van der Waals surface area contributed by atoms with Crippen LogP contribution in [0.5, 0.6) is 0 Å². The third-order valence-corrected chi connectivity index (χ3v) is 5.23. The van der Waals surface area contributed by atoms with E-state index in [0.717, 1.165) is 0 Å². The summed E-state index contributed by atoms with van der Waals surface area (Å²) in [7, 11) is -3.12. The lowest BCUT2D eigenvalue weighted by Crippen LogP contribution is -2.55. The zero-order chi connectivity index (χ0) is 13.5. The average molecular weight is 263 g/mol. The van der Waals surface area contributed by atoms with Crippen LogP contribution in [-0.4, -0.2) is 48.6 Å². The highest BCUT2D eigenvalue weighted by Gasteiger charge is 2.42. The monoisotopic (exact) mass is 263 g/mol. The normalized spacial score (nSPS) is 23.2. The Kier molecular flexibility index (Phi) is 3.49. The highest BCUT2D eigenvalue weighted by Crippen LogP contribution is 2.24. The molecule has 5 nitrogen and oxygen atoms in total. The van der Waals surface area contributed by atoms with Gasteiger partial charge in [0.15, 0.2) is 9.84 Å². The molecule has 17 heavy (non-hydrogen) atoms. The number of carbonyl (C=O) groups is 1. The molecule has 1 rings (SSSR count). The number of nitrogens with zero attached hydrogens (tertiary/aromatic N) is 1. The summed E-state index contributed by atoms with van der Waals surface area (Å²) in [6.07, 6.45) is -0.444. The van der Waals surface area contributed by atoms with Gasteiger partial charge in [-0.05, 0) is 34.6 Å². The van der Waals surface area contributed by atoms with Crippen molar-refractivity contribution in [2.75, 3.05) is 18.8 Å². The second kappa shape index (κ2) is 4.15. The predicted octanol–water partition coefficient (Wildman–Crippen LogP) is 1.43. The van der Waals surface area contributed by atoms with E-state index in [-0.39, 0.29) is 18.8 Å². The number of amides is 1. The quantitative estimate of drug-likeness (QED) is 0.663. The Labute approximate surface area is 103 Å². The molecule has 6 heteroatoms. The van der Waals surface area contributed by atoms with E-state index in [2.05, 4.69) is 0 Å². The van der Waals surface area contributed by atoms with Gasteiger partial charge in [0.1, 0.15) is 5.60 Å². The molecule has 1 aliphatic rings. The fraction of sp³-hybridized carbons (Fsp3) is 0.909. The Morgan fingerprint density at radius 2 is 1.82 bits per heavy atom. The summed E-state index contributed by atoms with van der Waals surface area (Å²) < 4.78 is 27.9. The van der Waals surface area contributed by atoms with Gasteiger partial charge in [-0.3, -0.25) is 0 Å². The highest BCUT2D eigenvalue weighted by atomic mass is 32.2. The summed E-state index contributed by atoms with van der Waals surface area (Å²) in [6, 6.07) is 0. The Balaban J connectivity index is 2.76. The Morgan fingerprint density at radius 1 is 1.29 bits per heavy atom. The van der Waals surface area contributed by atoms with Crippen molar-refractivity contribution in [3.8, 4) is 0 Å². The summed E-state index contributed by atoms with van der Waals surface area (Å²) in [4.78, 5) is 13.3. The maximum Gasteiger partial charge on any atom is 0.410 e. The number of rotatable bonds is 0. The minimum absolute atomic E-state index is 0.000751. The molecule has 100 valence electrons. The third kappa shape index (κ3) is 3.34. The molecule has 1 fully saturated rings. The molecule has 1 amide bonds. The first-order valence-corrected chi connectivity index (χ1v) is 7.30. The van der Waals surface area contributed by atoms with Crippen molar-refractivity contribution in [3.05, 3.63) is 0 Å². The van der Waals surface area contributed by atoms with Crippen molar-refractivity contribution in [2.45, 2.75) is 45.0 Å². The van der Waals surface area contributed by atoms with Gasteiger partial charge in [0, 0.05) is 13.1 Å². The predicted molar refractivity (Wildman–Crippen MR) is 65.7 cm³/mol. The Bertz CT molecular complexity index is 406. The summed E-state index contributed by atoms with van der Waals surface area (Å²) in [5, 5.41) is 0. The van der Waals surface area contributed by atoms with Crippen molar-refractivity contribution >= 4 is 15.9 Å². The Morgan fingerprint density at radius 3 is 2.24 bits per heavy atom. The van der Waals surface area contributed by atoms with E-state index in [1.165, 1.54) is 4.90 Å². The molecule has 0 radical (unpaired) electrons. The van der Waals surface area contributed by atoms with Crippen LogP contribution in [0.3, 0.4) is 0 Å². The van der Waals surface area contributed by atoms with Crippen LogP contribution in [-0.2, 0) is 14.6 Å². The molecule has 0 N–H and O–H groups in total. The van der Waals surface area contributed by atoms with Crippen molar-refractivity contribution in [3.63, 3.8) is 0 Å². The van der Waals surface area contributed by atoms with Crippen molar-refractivity contribution in [2.24, 2.45) is 0 Å². The van der Waals surface area contributed by atoms with Crippen LogP contribution in [0.15, 0.2) is 0 Å².